The first-order valence-corrected chi connectivity index (χ1v) is 5.56. The van der Waals surface area contributed by atoms with Crippen LogP contribution in [0.5, 0.6) is 0 Å². The topological polar surface area (TPSA) is 29.5 Å². The Morgan fingerprint density at radius 1 is 1.14 bits per heavy atom. The highest BCUT2D eigenvalue weighted by Gasteiger charge is 2.72. The number of carbonyl (C=O) groups is 1. The summed E-state index contributed by atoms with van der Waals surface area (Å²) in [6, 6.07) is 0. The summed E-state index contributed by atoms with van der Waals surface area (Å²) in [7, 11) is 0.898. The molecular weight excluding hydrogens is 311 g/mol. The van der Waals surface area contributed by atoms with Gasteiger partial charge in [-0.1, -0.05) is 6.58 Å². The first kappa shape index (κ1) is 19.7. The lowest BCUT2D eigenvalue weighted by Crippen LogP contribution is -2.56. The minimum Gasteiger partial charge on any atom is -0.461 e. The molecule has 10 heteroatoms. The summed E-state index contributed by atoms with van der Waals surface area (Å²) in [4.78, 5) is 11.4. The highest BCUT2D eigenvalue weighted by molar-refractivity contribution is 5.86. The second kappa shape index (κ2) is 6.63. The van der Waals surface area contributed by atoms with Gasteiger partial charge in [0.25, 0.3) is 0 Å². The number of carbonyl (C=O) groups excluding carboxylic acids is 1. The molecule has 0 unspecified atom stereocenters. The zero-order chi connectivity index (χ0) is 17.1. The maximum Gasteiger partial charge on any atom is 0.459 e. The molecule has 0 aliphatic carbocycles. The van der Waals surface area contributed by atoms with Crippen LogP contribution >= 0.6 is 0 Å². The van der Waals surface area contributed by atoms with Crippen LogP contribution in [0.1, 0.15) is 6.92 Å². The molecule has 0 fully saturated rings. The number of alkyl halides is 7. The summed E-state index contributed by atoms with van der Waals surface area (Å²) < 4.78 is 91.5. The lowest BCUT2D eigenvalue weighted by atomic mass is 10.1. The summed E-state index contributed by atoms with van der Waals surface area (Å²) in [6.07, 6.45) is -6.36. The predicted molar refractivity (Wildman–Crippen MR) is 59.2 cm³/mol. The van der Waals surface area contributed by atoms with Gasteiger partial charge in [0.15, 0.2) is 0 Å². The summed E-state index contributed by atoms with van der Waals surface area (Å²) >= 11 is 0. The Bertz CT molecular complexity index is 393. The van der Waals surface area contributed by atoms with E-state index < -0.39 is 43.7 Å². The van der Waals surface area contributed by atoms with Crippen molar-refractivity contribution in [1.29, 1.82) is 0 Å². The predicted octanol–water partition coefficient (Wildman–Crippen LogP) is 2.87. The Kier molecular flexibility index (Phi) is 6.21. The molecule has 21 heavy (non-hydrogen) atoms. The van der Waals surface area contributed by atoms with Gasteiger partial charge in [0, 0.05) is 12.1 Å². The standard InChI is InChI=1S/C11H14F7NO2/c1-7(2)8(20)21-5-4-19(3)6-9(12,13)10(14,15)11(16,17)18/h1,4-6H2,2-3H3. The van der Waals surface area contributed by atoms with Crippen molar-refractivity contribution in [2.75, 3.05) is 26.7 Å². The van der Waals surface area contributed by atoms with Crippen LogP contribution in [-0.4, -0.2) is 55.6 Å². The van der Waals surface area contributed by atoms with Crippen LogP contribution in [0.4, 0.5) is 30.7 Å². The Hall–Kier alpha value is -1.32. The van der Waals surface area contributed by atoms with E-state index in [4.69, 9.17) is 0 Å². The molecule has 0 spiro atoms. The van der Waals surface area contributed by atoms with Crippen LogP contribution in [0.2, 0.25) is 0 Å². The van der Waals surface area contributed by atoms with Crippen LogP contribution < -0.4 is 0 Å². The number of ether oxygens (including phenoxy) is 1. The van der Waals surface area contributed by atoms with E-state index in [0.29, 0.717) is 4.90 Å². The van der Waals surface area contributed by atoms with E-state index in [9.17, 15) is 35.5 Å². The highest BCUT2D eigenvalue weighted by atomic mass is 19.4. The molecule has 0 heterocycles. The van der Waals surface area contributed by atoms with Gasteiger partial charge in [-0.2, -0.15) is 30.7 Å². The van der Waals surface area contributed by atoms with Gasteiger partial charge in [0.2, 0.25) is 0 Å². The number of halogens is 7. The molecule has 0 bridgehead atoms. The number of nitrogens with zero attached hydrogens (tertiary/aromatic N) is 1. The zero-order valence-corrected chi connectivity index (χ0v) is 11.2. The van der Waals surface area contributed by atoms with Crippen molar-refractivity contribution >= 4 is 5.97 Å². The molecule has 0 N–H and O–H groups in total. The molecule has 0 aromatic rings. The maximum atomic E-state index is 13.0. The Labute approximate surface area is 116 Å². The number of rotatable bonds is 7. The number of hydrogen-bond acceptors (Lipinski definition) is 3. The van der Waals surface area contributed by atoms with E-state index in [-0.39, 0.29) is 5.57 Å². The Morgan fingerprint density at radius 2 is 1.62 bits per heavy atom. The SMILES string of the molecule is C=C(C)C(=O)OCCN(C)CC(F)(F)C(F)(F)C(F)(F)F. The largest absolute Gasteiger partial charge is 0.461 e. The Morgan fingerprint density at radius 3 is 2.00 bits per heavy atom. The van der Waals surface area contributed by atoms with Gasteiger partial charge in [0.1, 0.15) is 6.61 Å². The third kappa shape index (κ3) is 5.18. The normalized spacial score (nSPS) is 13.4. The van der Waals surface area contributed by atoms with Crippen molar-refractivity contribution in [3.8, 4) is 0 Å². The van der Waals surface area contributed by atoms with Crippen LogP contribution in [0.15, 0.2) is 12.2 Å². The molecule has 0 rings (SSSR count). The van der Waals surface area contributed by atoms with Crippen molar-refractivity contribution in [1.82, 2.24) is 4.90 Å². The van der Waals surface area contributed by atoms with Crippen LogP contribution in [0.25, 0.3) is 0 Å². The Balaban J connectivity index is 4.53. The molecule has 0 radical (unpaired) electrons. The lowest BCUT2D eigenvalue weighted by molar-refractivity contribution is -0.355. The summed E-state index contributed by atoms with van der Waals surface area (Å²) in [5.41, 5.74) is 0.0339. The van der Waals surface area contributed by atoms with Crippen LogP contribution in [0.3, 0.4) is 0 Å². The summed E-state index contributed by atoms with van der Waals surface area (Å²) in [6.45, 7) is 1.83. The molecule has 124 valence electrons. The van der Waals surface area contributed by atoms with E-state index >= 15 is 0 Å². The monoisotopic (exact) mass is 325 g/mol. The molecule has 0 aliphatic rings. The minimum absolute atomic E-state index is 0.0339. The lowest BCUT2D eigenvalue weighted by Gasteiger charge is -2.31. The van der Waals surface area contributed by atoms with Gasteiger partial charge < -0.3 is 4.74 Å². The average Bonchev–Trinajstić information content (AvgIpc) is 2.25. The second-order valence-corrected chi connectivity index (χ2v) is 4.43. The van der Waals surface area contributed by atoms with Gasteiger partial charge in [-0.25, -0.2) is 4.79 Å². The quantitative estimate of drug-likeness (QED) is 0.409. The summed E-state index contributed by atoms with van der Waals surface area (Å²) in [5.74, 6) is -12.3. The van der Waals surface area contributed by atoms with E-state index in [1.165, 1.54) is 6.92 Å². The summed E-state index contributed by atoms with van der Waals surface area (Å²) in [5, 5.41) is 0. The smallest absolute Gasteiger partial charge is 0.459 e. The van der Waals surface area contributed by atoms with Gasteiger partial charge in [0.05, 0.1) is 6.54 Å². The van der Waals surface area contributed by atoms with E-state index in [1.807, 2.05) is 0 Å². The van der Waals surface area contributed by atoms with Crippen LogP contribution in [0, 0.1) is 0 Å². The fraction of sp³-hybridized carbons (Fsp3) is 0.727. The number of hydrogen-bond donors (Lipinski definition) is 0. The fourth-order valence-electron chi connectivity index (χ4n) is 1.14. The second-order valence-electron chi connectivity index (χ2n) is 4.43. The molecule has 0 saturated carbocycles. The van der Waals surface area contributed by atoms with Crippen molar-refractivity contribution in [3.05, 3.63) is 12.2 Å². The maximum absolute atomic E-state index is 13.0. The van der Waals surface area contributed by atoms with Crippen molar-refractivity contribution in [3.63, 3.8) is 0 Å². The highest BCUT2D eigenvalue weighted by Crippen LogP contribution is 2.46. The van der Waals surface area contributed by atoms with E-state index in [0.717, 1.165) is 7.05 Å². The van der Waals surface area contributed by atoms with Gasteiger partial charge in [-0.3, -0.25) is 4.90 Å². The molecule has 0 amide bonds. The van der Waals surface area contributed by atoms with E-state index in [2.05, 4.69) is 11.3 Å². The first-order valence-electron chi connectivity index (χ1n) is 5.56. The van der Waals surface area contributed by atoms with Gasteiger partial charge >= 0.3 is 24.0 Å². The minimum atomic E-state index is -6.36. The zero-order valence-electron chi connectivity index (χ0n) is 11.2. The third-order valence-corrected chi connectivity index (χ3v) is 2.34. The number of likely N-dealkylation sites (N-methyl/N-ethyl adjacent to an activating group) is 1. The molecular formula is C11H14F7NO2. The molecule has 0 aliphatic heterocycles. The fourth-order valence-corrected chi connectivity index (χ4v) is 1.14. The molecule has 3 nitrogen and oxygen atoms in total. The third-order valence-electron chi connectivity index (χ3n) is 2.34. The molecule has 0 aromatic carbocycles. The molecule has 0 aromatic heterocycles. The molecule has 0 saturated heterocycles. The van der Waals surface area contributed by atoms with Crippen molar-refractivity contribution in [2.45, 2.75) is 24.9 Å². The van der Waals surface area contributed by atoms with Crippen molar-refractivity contribution < 1.29 is 40.3 Å². The van der Waals surface area contributed by atoms with Gasteiger partial charge in [-0.15, -0.1) is 0 Å². The molecule has 0 atom stereocenters. The van der Waals surface area contributed by atoms with Crippen LogP contribution in [-0.2, 0) is 9.53 Å². The first-order chi connectivity index (χ1) is 9.22. The van der Waals surface area contributed by atoms with Crippen molar-refractivity contribution in [2.24, 2.45) is 0 Å². The average molecular weight is 325 g/mol. The number of esters is 1. The van der Waals surface area contributed by atoms with Gasteiger partial charge in [-0.05, 0) is 14.0 Å². The van der Waals surface area contributed by atoms with E-state index in [1.54, 1.807) is 0 Å².